The Kier molecular flexibility index (Phi) is 4.82. The van der Waals surface area contributed by atoms with E-state index in [2.05, 4.69) is 13.8 Å². The molecule has 0 aliphatic heterocycles. The zero-order valence-electron chi connectivity index (χ0n) is 10.4. The average Bonchev–Trinajstić information content (AvgIpc) is 2.31. The highest BCUT2D eigenvalue weighted by Gasteiger charge is 2.20. The minimum absolute atomic E-state index is 0.262. The number of aromatic carboxylic acids is 1. The Morgan fingerprint density at radius 3 is 2.59 bits per heavy atom. The molecule has 1 aromatic rings. The third-order valence-corrected chi connectivity index (χ3v) is 3.27. The number of benzene rings is 1. The van der Waals surface area contributed by atoms with Gasteiger partial charge in [0.15, 0.2) is 0 Å². The fraction of sp³-hybridized carbons (Fsp3) is 0.462. The summed E-state index contributed by atoms with van der Waals surface area (Å²) in [6.45, 7) is 6.88. The van der Waals surface area contributed by atoms with Crippen molar-refractivity contribution in [1.29, 1.82) is 0 Å². The number of nitrogens with zero attached hydrogens (tertiary/aromatic N) is 1. The summed E-state index contributed by atoms with van der Waals surface area (Å²) in [5.74, 6) is -0.941. The van der Waals surface area contributed by atoms with Gasteiger partial charge in [-0.1, -0.05) is 24.6 Å². The summed E-state index contributed by atoms with van der Waals surface area (Å²) in [6.07, 6.45) is 0.943. The monoisotopic (exact) mass is 255 g/mol. The molecule has 0 radical (unpaired) electrons. The molecule has 1 aromatic carbocycles. The SMILES string of the molecule is CCC(C)N(CC)c1c(Cl)cccc1C(=O)O. The second-order valence-corrected chi connectivity index (χ2v) is 4.39. The number of carbonyl (C=O) groups is 1. The topological polar surface area (TPSA) is 40.5 Å². The van der Waals surface area contributed by atoms with Gasteiger partial charge in [-0.15, -0.1) is 0 Å². The van der Waals surface area contributed by atoms with Crippen LogP contribution in [0, 0.1) is 0 Å². The van der Waals surface area contributed by atoms with E-state index >= 15 is 0 Å². The number of hydrogen-bond acceptors (Lipinski definition) is 2. The minimum atomic E-state index is -0.941. The number of rotatable bonds is 5. The zero-order valence-corrected chi connectivity index (χ0v) is 11.2. The van der Waals surface area contributed by atoms with Gasteiger partial charge in [0.1, 0.15) is 0 Å². The van der Waals surface area contributed by atoms with Gasteiger partial charge in [-0.05, 0) is 32.4 Å². The molecular formula is C13H18ClNO2. The van der Waals surface area contributed by atoms with Crippen LogP contribution >= 0.6 is 11.6 Å². The van der Waals surface area contributed by atoms with E-state index in [0.29, 0.717) is 10.7 Å². The van der Waals surface area contributed by atoms with Crippen LogP contribution in [0.1, 0.15) is 37.6 Å². The lowest BCUT2D eigenvalue weighted by Crippen LogP contribution is -2.33. The Morgan fingerprint density at radius 2 is 2.12 bits per heavy atom. The van der Waals surface area contributed by atoms with Crippen LogP contribution in [0.4, 0.5) is 5.69 Å². The molecule has 3 nitrogen and oxygen atoms in total. The maximum atomic E-state index is 11.2. The van der Waals surface area contributed by atoms with Gasteiger partial charge < -0.3 is 10.0 Å². The van der Waals surface area contributed by atoms with Crippen LogP contribution in [0.2, 0.25) is 5.02 Å². The maximum Gasteiger partial charge on any atom is 0.337 e. The van der Waals surface area contributed by atoms with Crippen molar-refractivity contribution in [2.24, 2.45) is 0 Å². The third kappa shape index (κ3) is 2.91. The molecule has 0 aromatic heterocycles. The van der Waals surface area contributed by atoms with Crippen molar-refractivity contribution < 1.29 is 9.90 Å². The molecule has 4 heteroatoms. The first-order valence-corrected chi connectivity index (χ1v) is 6.19. The van der Waals surface area contributed by atoms with Crippen LogP contribution in [0.5, 0.6) is 0 Å². The van der Waals surface area contributed by atoms with Crippen LogP contribution < -0.4 is 4.90 Å². The van der Waals surface area contributed by atoms with Gasteiger partial charge in [0.05, 0.1) is 16.3 Å². The largest absolute Gasteiger partial charge is 0.478 e. The van der Waals surface area contributed by atoms with Crippen LogP contribution in [-0.2, 0) is 0 Å². The number of carboxylic acid groups (broad SMARTS) is 1. The van der Waals surface area contributed by atoms with Gasteiger partial charge in [0.25, 0.3) is 0 Å². The van der Waals surface area contributed by atoms with Gasteiger partial charge in [-0.2, -0.15) is 0 Å². The molecular weight excluding hydrogens is 238 g/mol. The smallest absolute Gasteiger partial charge is 0.337 e. The van der Waals surface area contributed by atoms with Crippen molar-refractivity contribution in [1.82, 2.24) is 0 Å². The van der Waals surface area contributed by atoms with E-state index in [4.69, 9.17) is 11.6 Å². The molecule has 0 amide bonds. The van der Waals surface area contributed by atoms with Crippen molar-refractivity contribution in [3.63, 3.8) is 0 Å². The summed E-state index contributed by atoms with van der Waals surface area (Å²) in [6, 6.07) is 5.25. The Bertz CT molecular complexity index is 406. The Morgan fingerprint density at radius 1 is 1.47 bits per heavy atom. The van der Waals surface area contributed by atoms with Crippen molar-refractivity contribution in [2.75, 3.05) is 11.4 Å². The van der Waals surface area contributed by atoms with Crippen molar-refractivity contribution in [2.45, 2.75) is 33.2 Å². The Hall–Kier alpha value is -1.22. The first kappa shape index (κ1) is 13.8. The van der Waals surface area contributed by atoms with Crippen molar-refractivity contribution in [3.8, 4) is 0 Å². The highest BCUT2D eigenvalue weighted by Crippen LogP contribution is 2.31. The molecule has 0 saturated heterocycles. The van der Waals surface area contributed by atoms with E-state index in [1.54, 1.807) is 18.2 Å². The van der Waals surface area contributed by atoms with E-state index in [9.17, 15) is 9.90 Å². The van der Waals surface area contributed by atoms with E-state index in [-0.39, 0.29) is 11.6 Å². The van der Waals surface area contributed by atoms with Crippen LogP contribution in [0.15, 0.2) is 18.2 Å². The summed E-state index contributed by atoms with van der Waals surface area (Å²) in [7, 11) is 0. The van der Waals surface area contributed by atoms with E-state index in [1.165, 1.54) is 0 Å². The normalized spacial score (nSPS) is 12.2. The first-order valence-electron chi connectivity index (χ1n) is 5.81. The summed E-state index contributed by atoms with van der Waals surface area (Å²) in [5.41, 5.74) is 0.887. The molecule has 1 atom stereocenters. The van der Waals surface area contributed by atoms with Crippen molar-refractivity contribution in [3.05, 3.63) is 28.8 Å². The molecule has 0 bridgehead atoms. The quantitative estimate of drug-likeness (QED) is 0.873. The lowest BCUT2D eigenvalue weighted by atomic mass is 10.1. The summed E-state index contributed by atoms with van der Waals surface area (Å²) in [5, 5.41) is 9.70. The zero-order chi connectivity index (χ0) is 13.0. The molecule has 1 rings (SSSR count). The van der Waals surface area contributed by atoms with E-state index < -0.39 is 5.97 Å². The second-order valence-electron chi connectivity index (χ2n) is 3.98. The van der Waals surface area contributed by atoms with Gasteiger partial charge in [-0.3, -0.25) is 0 Å². The van der Waals surface area contributed by atoms with Crippen molar-refractivity contribution >= 4 is 23.3 Å². The number of anilines is 1. The number of para-hydroxylation sites is 1. The summed E-state index contributed by atoms with van der Waals surface area (Å²) >= 11 is 6.14. The van der Waals surface area contributed by atoms with Crippen LogP contribution in [0.25, 0.3) is 0 Å². The first-order chi connectivity index (χ1) is 8.02. The van der Waals surface area contributed by atoms with Gasteiger partial charge >= 0.3 is 5.97 Å². The summed E-state index contributed by atoms with van der Waals surface area (Å²) < 4.78 is 0. The lowest BCUT2D eigenvalue weighted by Gasteiger charge is -2.31. The Balaban J connectivity index is 3.31. The molecule has 94 valence electrons. The predicted molar refractivity (Wildman–Crippen MR) is 71.2 cm³/mol. The lowest BCUT2D eigenvalue weighted by molar-refractivity contribution is 0.0697. The summed E-state index contributed by atoms with van der Waals surface area (Å²) in [4.78, 5) is 13.3. The fourth-order valence-corrected chi connectivity index (χ4v) is 2.17. The molecule has 1 unspecified atom stereocenters. The fourth-order valence-electron chi connectivity index (χ4n) is 1.89. The predicted octanol–water partition coefficient (Wildman–Crippen LogP) is 3.66. The molecule has 17 heavy (non-hydrogen) atoms. The van der Waals surface area contributed by atoms with E-state index in [1.807, 2.05) is 11.8 Å². The molecule has 0 heterocycles. The number of carboxylic acids is 1. The van der Waals surface area contributed by atoms with E-state index in [0.717, 1.165) is 13.0 Å². The maximum absolute atomic E-state index is 11.2. The molecule has 0 spiro atoms. The number of hydrogen-bond donors (Lipinski definition) is 1. The third-order valence-electron chi connectivity index (χ3n) is 2.97. The standard InChI is InChI=1S/C13H18ClNO2/c1-4-9(3)15(5-2)12-10(13(16)17)7-6-8-11(12)14/h6-9H,4-5H2,1-3H3,(H,16,17). The van der Waals surface area contributed by atoms with Crippen LogP contribution in [-0.4, -0.2) is 23.7 Å². The molecule has 0 aliphatic carbocycles. The average molecular weight is 256 g/mol. The van der Waals surface area contributed by atoms with Crippen LogP contribution in [0.3, 0.4) is 0 Å². The van der Waals surface area contributed by atoms with Gasteiger partial charge in [-0.25, -0.2) is 4.79 Å². The minimum Gasteiger partial charge on any atom is -0.478 e. The second kappa shape index (κ2) is 5.92. The molecule has 0 saturated carbocycles. The molecule has 0 fully saturated rings. The number of halogens is 1. The Labute approximate surface area is 107 Å². The van der Waals surface area contributed by atoms with Gasteiger partial charge in [0, 0.05) is 12.6 Å². The van der Waals surface area contributed by atoms with Gasteiger partial charge in [0.2, 0.25) is 0 Å². The highest BCUT2D eigenvalue weighted by atomic mass is 35.5. The molecule has 1 N–H and O–H groups in total. The molecule has 0 aliphatic rings. The highest BCUT2D eigenvalue weighted by molar-refractivity contribution is 6.34.